The maximum atomic E-state index is 13.9. The largest absolute Gasteiger partial charge is 0.469 e. The van der Waals surface area contributed by atoms with Crippen LogP contribution in [-0.2, 0) is 16.0 Å². The van der Waals surface area contributed by atoms with Gasteiger partial charge in [0.1, 0.15) is 6.17 Å². The average molecular weight is 341 g/mol. The second-order valence-electron chi connectivity index (χ2n) is 6.69. The summed E-state index contributed by atoms with van der Waals surface area (Å²) in [5.74, 6) is -0.291. The molecule has 0 radical (unpaired) electrons. The van der Waals surface area contributed by atoms with Crippen LogP contribution in [0.5, 0.6) is 0 Å². The summed E-state index contributed by atoms with van der Waals surface area (Å²) in [6.07, 6.45) is 0.577. The lowest BCUT2D eigenvalue weighted by molar-refractivity contribution is -0.140. The van der Waals surface area contributed by atoms with Gasteiger partial charge in [-0.25, -0.2) is 4.39 Å². The van der Waals surface area contributed by atoms with Gasteiger partial charge in [0.25, 0.3) is 0 Å². The fraction of sp³-hybridized carbons (Fsp3) is 0.381. The number of carbonyl (C=O) groups is 1. The Hall–Kier alpha value is -2.36. The number of benzene rings is 2. The molecular weight excluding hydrogens is 317 g/mol. The number of halogens is 1. The molecule has 0 N–H and O–H groups in total. The number of aryl methyl sites for hydroxylation is 1. The van der Waals surface area contributed by atoms with Crippen molar-refractivity contribution in [1.29, 1.82) is 0 Å². The van der Waals surface area contributed by atoms with Gasteiger partial charge in [0.05, 0.1) is 13.5 Å². The van der Waals surface area contributed by atoms with Gasteiger partial charge in [0.15, 0.2) is 0 Å². The summed E-state index contributed by atoms with van der Waals surface area (Å²) in [6, 6.07) is 16.4. The van der Waals surface area contributed by atoms with Crippen molar-refractivity contribution in [3.05, 3.63) is 65.2 Å². The summed E-state index contributed by atoms with van der Waals surface area (Å²) < 4.78 is 18.6. The Bertz CT molecular complexity index is 729. The molecule has 2 aromatic carbocycles. The minimum atomic E-state index is -0.902. The summed E-state index contributed by atoms with van der Waals surface area (Å²) in [7, 11) is 1.37. The van der Waals surface area contributed by atoms with Crippen LogP contribution in [0.2, 0.25) is 0 Å². The van der Waals surface area contributed by atoms with Crippen LogP contribution in [0.15, 0.2) is 48.5 Å². The van der Waals surface area contributed by atoms with Gasteiger partial charge in [-0.1, -0.05) is 36.4 Å². The highest BCUT2D eigenvalue weighted by Gasteiger charge is 2.33. The van der Waals surface area contributed by atoms with E-state index >= 15 is 0 Å². The molecule has 4 heteroatoms. The van der Waals surface area contributed by atoms with Gasteiger partial charge in [-0.3, -0.25) is 4.79 Å². The predicted molar refractivity (Wildman–Crippen MR) is 97.7 cm³/mol. The van der Waals surface area contributed by atoms with Gasteiger partial charge >= 0.3 is 5.97 Å². The lowest BCUT2D eigenvalue weighted by Gasteiger charge is -2.26. The molecule has 3 nitrogen and oxygen atoms in total. The summed E-state index contributed by atoms with van der Waals surface area (Å²) in [4.78, 5) is 13.6. The Morgan fingerprint density at radius 2 is 1.92 bits per heavy atom. The molecule has 132 valence electrons. The first-order chi connectivity index (χ1) is 12.1. The van der Waals surface area contributed by atoms with Crippen LogP contribution in [0.3, 0.4) is 0 Å². The molecule has 2 aromatic rings. The average Bonchev–Trinajstić information content (AvgIpc) is 2.97. The van der Waals surface area contributed by atoms with Crippen LogP contribution in [0.4, 0.5) is 10.1 Å². The minimum absolute atomic E-state index is 0.135. The molecule has 2 atom stereocenters. The van der Waals surface area contributed by atoms with E-state index in [-0.39, 0.29) is 18.4 Å². The molecule has 0 aromatic heterocycles. The standard InChI is InChI=1S/C21H24FNO2/c1-15-5-3-4-6-17(15)11-16-7-9-19(10-8-16)23-14-18(22)12-20(23)13-21(24)25-2/h3-10,18,20H,11-14H2,1-2H3/t18-,20+/m1/s1. The van der Waals surface area contributed by atoms with Crippen molar-refractivity contribution in [2.45, 2.75) is 38.4 Å². The summed E-state index contributed by atoms with van der Waals surface area (Å²) in [5, 5.41) is 0. The molecule has 1 saturated heterocycles. The molecule has 0 spiro atoms. The number of methoxy groups -OCH3 is 1. The molecule has 0 bridgehead atoms. The second kappa shape index (κ2) is 7.68. The van der Waals surface area contributed by atoms with Crippen molar-refractivity contribution in [3.63, 3.8) is 0 Å². The summed E-state index contributed by atoms with van der Waals surface area (Å²) >= 11 is 0. The monoisotopic (exact) mass is 341 g/mol. The molecule has 0 aliphatic carbocycles. The number of hydrogen-bond donors (Lipinski definition) is 0. The van der Waals surface area contributed by atoms with E-state index < -0.39 is 6.17 Å². The van der Waals surface area contributed by atoms with Gasteiger partial charge < -0.3 is 9.64 Å². The third-order valence-electron chi connectivity index (χ3n) is 4.92. The van der Waals surface area contributed by atoms with Crippen molar-refractivity contribution in [3.8, 4) is 0 Å². The molecule has 1 fully saturated rings. The SMILES string of the molecule is COC(=O)C[C@@H]1C[C@@H](F)CN1c1ccc(Cc2ccccc2C)cc1. The third kappa shape index (κ3) is 4.19. The number of carbonyl (C=O) groups excluding carboxylic acids is 1. The first-order valence-corrected chi connectivity index (χ1v) is 8.68. The van der Waals surface area contributed by atoms with Crippen LogP contribution >= 0.6 is 0 Å². The van der Waals surface area contributed by atoms with E-state index in [2.05, 4.69) is 37.3 Å². The first kappa shape index (κ1) is 17.5. The third-order valence-corrected chi connectivity index (χ3v) is 4.92. The predicted octanol–water partition coefficient (Wildman–Crippen LogP) is 4.07. The van der Waals surface area contributed by atoms with Gasteiger partial charge in [0.2, 0.25) is 0 Å². The zero-order valence-electron chi connectivity index (χ0n) is 14.7. The maximum Gasteiger partial charge on any atom is 0.307 e. The number of esters is 1. The smallest absolute Gasteiger partial charge is 0.307 e. The Balaban J connectivity index is 1.72. The molecule has 1 aliphatic heterocycles. The number of anilines is 1. The van der Waals surface area contributed by atoms with Crippen LogP contribution in [0.1, 0.15) is 29.5 Å². The number of hydrogen-bond acceptors (Lipinski definition) is 3. The lowest BCUT2D eigenvalue weighted by atomic mass is 10.0. The maximum absolute atomic E-state index is 13.9. The molecule has 0 unspecified atom stereocenters. The molecule has 0 saturated carbocycles. The molecular formula is C21H24FNO2. The first-order valence-electron chi connectivity index (χ1n) is 8.68. The van der Waals surface area contributed by atoms with Crippen molar-refractivity contribution < 1.29 is 13.9 Å². The fourth-order valence-corrected chi connectivity index (χ4v) is 3.48. The van der Waals surface area contributed by atoms with Crippen LogP contribution in [0, 0.1) is 6.92 Å². The Kier molecular flexibility index (Phi) is 5.37. The number of alkyl halides is 1. The highest BCUT2D eigenvalue weighted by molar-refractivity contribution is 5.71. The lowest BCUT2D eigenvalue weighted by Crippen LogP contribution is -2.31. The van der Waals surface area contributed by atoms with Crippen molar-refractivity contribution >= 4 is 11.7 Å². The second-order valence-corrected chi connectivity index (χ2v) is 6.69. The van der Waals surface area contributed by atoms with E-state index in [4.69, 9.17) is 4.74 Å². The van der Waals surface area contributed by atoms with Crippen LogP contribution in [0.25, 0.3) is 0 Å². The van der Waals surface area contributed by atoms with Crippen molar-refractivity contribution in [2.24, 2.45) is 0 Å². The van der Waals surface area contributed by atoms with E-state index in [9.17, 15) is 9.18 Å². The molecule has 1 aliphatic rings. The van der Waals surface area contributed by atoms with E-state index in [1.807, 2.05) is 23.1 Å². The van der Waals surface area contributed by atoms with Crippen LogP contribution in [-0.4, -0.2) is 31.8 Å². The van der Waals surface area contributed by atoms with E-state index in [1.54, 1.807) is 0 Å². The highest BCUT2D eigenvalue weighted by Crippen LogP contribution is 2.30. The van der Waals surface area contributed by atoms with Crippen molar-refractivity contribution in [1.82, 2.24) is 0 Å². The fourth-order valence-electron chi connectivity index (χ4n) is 3.48. The van der Waals surface area contributed by atoms with Gasteiger partial charge in [-0.05, 0) is 42.2 Å². The topological polar surface area (TPSA) is 29.5 Å². The van der Waals surface area contributed by atoms with E-state index in [0.717, 1.165) is 12.1 Å². The van der Waals surface area contributed by atoms with Crippen molar-refractivity contribution in [2.75, 3.05) is 18.6 Å². The van der Waals surface area contributed by atoms with Gasteiger partial charge in [-0.2, -0.15) is 0 Å². The summed E-state index contributed by atoms with van der Waals surface area (Å²) in [5.41, 5.74) is 4.77. The normalized spacial score (nSPS) is 19.9. The molecule has 0 amide bonds. The Labute approximate surface area is 148 Å². The number of rotatable bonds is 5. The molecule has 1 heterocycles. The minimum Gasteiger partial charge on any atom is -0.469 e. The van der Waals surface area contributed by atoms with Crippen LogP contribution < -0.4 is 4.90 Å². The van der Waals surface area contributed by atoms with E-state index in [0.29, 0.717) is 13.0 Å². The Morgan fingerprint density at radius 1 is 1.20 bits per heavy atom. The quantitative estimate of drug-likeness (QED) is 0.768. The highest BCUT2D eigenvalue weighted by atomic mass is 19.1. The number of nitrogens with zero attached hydrogens (tertiary/aromatic N) is 1. The Morgan fingerprint density at radius 3 is 2.60 bits per heavy atom. The summed E-state index contributed by atoms with van der Waals surface area (Å²) in [6.45, 7) is 2.45. The number of ether oxygens (including phenoxy) is 1. The molecule has 3 rings (SSSR count). The van der Waals surface area contributed by atoms with E-state index in [1.165, 1.54) is 23.8 Å². The van der Waals surface area contributed by atoms with Gasteiger partial charge in [-0.15, -0.1) is 0 Å². The zero-order valence-corrected chi connectivity index (χ0v) is 14.7. The molecule has 25 heavy (non-hydrogen) atoms. The zero-order chi connectivity index (χ0) is 17.8. The van der Waals surface area contributed by atoms with Gasteiger partial charge in [0, 0.05) is 24.7 Å².